The Bertz CT molecular complexity index is 341. The van der Waals surface area contributed by atoms with E-state index in [0.717, 1.165) is 0 Å². The Kier molecular flexibility index (Phi) is 5.61. The van der Waals surface area contributed by atoms with Gasteiger partial charge in [0, 0.05) is 18.0 Å². The summed E-state index contributed by atoms with van der Waals surface area (Å²) in [7, 11) is 0. The lowest BCUT2D eigenvalue weighted by Gasteiger charge is -2.27. The first-order chi connectivity index (χ1) is 8.05. The predicted octanol–water partition coefficient (Wildman–Crippen LogP) is 0.0488. The Labute approximate surface area is 106 Å². The number of carboxylic acid groups (broad SMARTS) is 1. The van der Waals surface area contributed by atoms with Gasteiger partial charge >= 0.3 is 12.0 Å². The number of primary amides is 1. The summed E-state index contributed by atoms with van der Waals surface area (Å²) in [4.78, 5) is 33.1. The van der Waals surface area contributed by atoms with Crippen molar-refractivity contribution in [3.8, 4) is 0 Å². The van der Waals surface area contributed by atoms with Crippen molar-refractivity contribution in [2.75, 3.05) is 0 Å². The van der Waals surface area contributed by atoms with Gasteiger partial charge < -0.3 is 21.5 Å². The summed E-state index contributed by atoms with van der Waals surface area (Å²) in [6, 6.07) is -1.05. The maximum Gasteiger partial charge on any atom is 0.315 e. The first kappa shape index (κ1) is 16.2. The molecule has 3 amide bonds. The van der Waals surface area contributed by atoms with Crippen molar-refractivity contribution in [1.82, 2.24) is 10.6 Å². The topological polar surface area (TPSA) is 122 Å². The maximum atomic E-state index is 11.6. The average molecular weight is 259 g/mol. The van der Waals surface area contributed by atoms with Crippen LogP contribution in [0.25, 0.3) is 0 Å². The molecule has 2 unspecified atom stereocenters. The monoisotopic (exact) mass is 259 g/mol. The Hall–Kier alpha value is -1.79. The molecule has 0 fully saturated rings. The van der Waals surface area contributed by atoms with E-state index in [9.17, 15) is 14.4 Å². The molecule has 0 heterocycles. The molecule has 0 aromatic heterocycles. The van der Waals surface area contributed by atoms with E-state index < -0.39 is 35.4 Å². The van der Waals surface area contributed by atoms with Gasteiger partial charge in [-0.2, -0.15) is 0 Å². The summed E-state index contributed by atoms with van der Waals surface area (Å²) < 4.78 is 0. The molecule has 0 aromatic carbocycles. The lowest BCUT2D eigenvalue weighted by atomic mass is 10.0. The summed E-state index contributed by atoms with van der Waals surface area (Å²) in [5.41, 5.74) is 4.28. The number of carbonyl (C=O) groups is 3. The molecule has 0 radical (unpaired) electrons. The summed E-state index contributed by atoms with van der Waals surface area (Å²) in [5, 5.41) is 13.9. The van der Waals surface area contributed by atoms with Crippen LogP contribution in [0.4, 0.5) is 4.79 Å². The number of hydrogen-bond donors (Lipinski definition) is 4. The number of aliphatic carboxylic acids is 1. The van der Waals surface area contributed by atoms with Gasteiger partial charge in [-0.25, -0.2) is 4.79 Å². The molecular weight excluding hydrogens is 238 g/mol. The molecule has 7 nitrogen and oxygen atoms in total. The number of nitrogens with one attached hydrogen (secondary N) is 2. The summed E-state index contributed by atoms with van der Waals surface area (Å²) in [6.45, 7) is 6.41. The fraction of sp³-hybridized carbons (Fsp3) is 0.727. The van der Waals surface area contributed by atoms with Gasteiger partial charge in [0.1, 0.15) is 0 Å². The van der Waals surface area contributed by atoms with Crippen molar-refractivity contribution in [2.45, 2.75) is 45.7 Å². The van der Waals surface area contributed by atoms with E-state index in [1.54, 1.807) is 20.8 Å². The second-order valence-corrected chi connectivity index (χ2v) is 5.04. The normalized spacial score (nSPS) is 14.4. The fourth-order valence-electron chi connectivity index (χ4n) is 1.37. The maximum absolute atomic E-state index is 11.6. The van der Waals surface area contributed by atoms with Gasteiger partial charge in [-0.1, -0.05) is 0 Å². The van der Waals surface area contributed by atoms with Crippen LogP contribution in [0.1, 0.15) is 34.1 Å². The lowest BCUT2D eigenvalue weighted by Crippen LogP contribution is -2.53. The zero-order valence-electron chi connectivity index (χ0n) is 11.1. The minimum absolute atomic E-state index is 0.00326. The van der Waals surface area contributed by atoms with Crippen LogP contribution in [0.3, 0.4) is 0 Å². The third kappa shape index (κ3) is 6.07. The Balaban J connectivity index is 4.34. The fourth-order valence-corrected chi connectivity index (χ4v) is 1.37. The van der Waals surface area contributed by atoms with Crippen LogP contribution in [0.5, 0.6) is 0 Å². The summed E-state index contributed by atoms with van der Waals surface area (Å²) in [6.07, 6.45) is 0.00326. The molecule has 0 aliphatic heterocycles. The number of rotatable bonds is 6. The molecule has 0 saturated carbocycles. The smallest absolute Gasteiger partial charge is 0.315 e. The standard InChI is InChI=1S/C11H21N3O4/c1-6(9(16)17)7(2)13-10(18)14-11(3,4)5-8(12)15/h6-7H,5H2,1-4H3,(H2,12,15)(H,16,17)(H2,13,14,18). The third-order valence-electron chi connectivity index (χ3n) is 2.57. The first-order valence-corrected chi connectivity index (χ1v) is 5.65. The quantitative estimate of drug-likeness (QED) is 0.538. The van der Waals surface area contributed by atoms with Crippen molar-refractivity contribution in [3.05, 3.63) is 0 Å². The van der Waals surface area contributed by atoms with E-state index in [2.05, 4.69) is 10.6 Å². The van der Waals surface area contributed by atoms with Gasteiger partial charge in [0.2, 0.25) is 5.91 Å². The second kappa shape index (κ2) is 6.23. The zero-order chi connectivity index (χ0) is 14.5. The summed E-state index contributed by atoms with van der Waals surface area (Å²) in [5.74, 6) is -2.21. The predicted molar refractivity (Wildman–Crippen MR) is 65.8 cm³/mol. The number of urea groups is 1. The average Bonchev–Trinajstić information content (AvgIpc) is 2.12. The highest BCUT2D eigenvalue weighted by molar-refractivity contribution is 5.79. The highest BCUT2D eigenvalue weighted by Crippen LogP contribution is 2.08. The second-order valence-electron chi connectivity index (χ2n) is 5.04. The molecule has 0 bridgehead atoms. The largest absolute Gasteiger partial charge is 0.481 e. The molecule has 0 saturated heterocycles. The van der Waals surface area contributed by atoms with Crippen molar-refractivity contribution >= 4 is 17.9 Å². The van der Waals surface area contributed by atoms with Gasteiger partial charge in [0.05, 0.1) is 5.92 Å². The van der Waals surface area contributed by atoms with E-state index in [1.807, 2.05) is 0 Å². The number of nitrogens with two attached hydrogens (primary N) is 1. The van der Waals surface area contributed by atoms with Crippen molar-refractivity contribution in [2.24, 2.45) is 11.7 Å². The van der Waals surface area contributed by atoms with Crippen LogP contribution in [0.2, 0.25) is 0 Å². The van der Waals surface area contributed by atoms with Crippen LogP contribution in [0.15, 0.2) is 0 Å². The number of hydrogen-bond acceptors (Lipinski definition) is 3. The molecule has 5 N–H and O–H groups in total. The SMILES string of the molecule is CC(NC(=O)NC(C)(C)CC(N)=O)C(C)C(=O)O. The van der Waals surface area contributed by atoms with Gasteiger partial charge in [0.15, 0.2) is 0 Å². The van der Waals surface area contributed by atoms with E-state index >= 15 is 0 Å². The number of carbonyl (C=O) groups excluding carboxylic acids is 2. The van der Waals surface area contributed by atoms with Crippen molar-refractivity contribution < 1.29 is 19.5 Å². The van der Waals surface area contributed by atoms with Crippen LogP contribution < -0.4 is 16.4 Å². The van der Waals surface area contributed by atoms with E-state index in [4.69, 9.17) is 10.8 Å². The lowest BCUT2D eigenvalue weighted by molar-refractivity contribution is -0.141. The van der Waals surface area contributed by atoms with Crippen LogP contribution in [-0.4, -0.2) is 34.6 Å². The molecule has 18 heavy (non-hydrogen) atoms. The van der Waals surface area contributed by atoms with E-state index in [1.165, 1.54) is 6.92 Å². The first-order valence-electron chi connectivity index (χ1n) is 5.65. The van der Waals surface area contributed by atoms with Gasteiger partial charge in [-0.3, -0.25) is 9.59 Å². The van der Waals surface area contributed by atoms with Crippen LogP contribution >= 0.6 is 0 Å². The van der Waals surface area contributed by atoms with Gasteiger partial charge in [0.25, 0.3) is 0 Å². The Morgan fingerprint density at radius 2 is 1.78 bits per heavy atom. The summed E-state index contributed by atoms with van der Waals surface area (Å²) >= 11 is 0. The van der Waals surface area contributed by atoms with Crippen molar-refractivity contribution in [3.63, 3.8) is 0 Å². The van der Waals surface area contributed by atoms with Gasteiger partial charge in [-0.15, -0.1) is 0 Å². The Morgan fingerprint density at radius 1 is 1.28 bits per heavy atom. The number of amides is 3. The molecule has 0 aromatic rings. The molecule has 0 aliphatic carbocycles. The van der Waals surface area contributed by atoms with E-state index in [0.29, 0.717) is 0 Å². The molecular formula is C11H21N3O4. The zero-order valence-corrected chi connectivity index (χ0v) is 11.1. The van der Waals surface area contributed by atoms with Crippen LogP contribution in [-0.2, 0) is 9.59 Å². The molecule has 0 spiro atoms. The highest BCUT2D eigenvalue weighted by Gasteiger charge is 2.25. The van der Waals surface area contributed by atoms with Gasteiger partial charge in [-0.05, 0) is 27.7 Å². The van der Waals surface area contributed by atoms with Crippen molar-refractivity contribution in [1.29, 1.82) is 0 Å². The molecule has 2 atom stereocenters. The third-order valence-corrected chi connectivity index (χ3v) is 2.57. The minimum Gasteiger partial charge on any atom is -0.481 e. The van der Waals surface area contributed by atoms with Crippen LogP contribution in [0, 0.1) is 5.92 Å². The highest BCUT2D eigenvalue weighted by atomic mass is 16.4. The number of carboxylic acids is 1. The minimum atomic E-state index is -0.987. The molecule has 7 heteroatoms. The van der Waals surface area contributed by atoms with E-state index in [-0.39, 0.29) is 6.42 Å². The molecule has 0 aliphatic rings. The molecule has 0 rings (SSSR count). The Morgan fingerprint density at radius 3 is 2.17 bits per heavy atom. The molecule has 104 valence electrons.